The molecule has 0 aromatic heterocycles. The van der Waals surface area contributed by atoms with Crippen molar-refractivity contribution >= 4 is 23.6 Å². The van der Waals surface area contributed by atoms with Crippen molar-refractivity contribution in [3.05, 3.63) is 83.7 Å². The number of phenols is 1. The lowest BCUT2D eigenvalue weighted by Gasteiger charge is -2.36. The number of anilines is 1. The Labute approximate surface area is 220 Å². The minimum Gasteiger partial charge on any atom is -0.507 e. The van der Waals surface area contributed by atoms with Crippen molar-refractivity contribution in [3.8, 4) is 16.9 Å². The first-order valence-electron chi connectivity index (χ1n) is 12.3. The first-order valence-corrected chi connectivity index (χ1v) is 12.3. The summed E-state index contributed by atoms with van der Waals surface area (Å²) >= 11 is 0. The number of carbonyl (C=O) groups excluding carboxylic acids is 3. The zero-order chi connectivity index (χ0) is 27.4. The molecule has 9 heteroatoms. The topological polar surface area (TPSA) is 99.2 Å². The van der Waals surface area contributed by atoms with Crippen molar-refractivity contribution < 1.29 is 28.6 Å². The van der Waals surface area contributed by atoms with E-state index in [1.165, 1.54) is 40.1 Å². The van der Waals surface area contributed by atoms with Crippen LogP contribution >= 0.6 is 0 Å². The van der Waals surface area contributed by atoms with E-state index < -0.39 is 29.3 Å². The third-order valence-electron chi connectivity index (χ3n) is 5.98. The maximum absolute atomic E-state index is 13.7. The molecule has 0 unspecified atom stereocenters. The standard InChI is InChI=1S/C29H30FN3O5/c1-29(2,3)38-28(37)33-14-12-32(13-15-33)27(36)25-23(26(35)31-22-11-7-10-21(30)18-22)16-20(17-24(25)34)19-8-5-4-6-9-19/h4-11,16-18,34H,12-15H2,1-3H3,(H,31,35). The molecule has 0 spiro atoms. The molecule has 8 nitrogen and oxygen atoms in total. The van der Waals surface area contributed by atoms with Gasteiger partial charge in [0, 0.05) is 31.9 Å². The molecule has 3 aromatic rings. The molecule has 1 heterocycles. The van der Waals surface area contributed by atoms with Gasteiger partial charge in [-0.25, -0.2) is 9.18 Å². The molecule has 198 valence electrons. The number of benzene rings is 3. The van der Waals surface area contributed by atoms with Crippen molar-refractivity contribution in [3.63, 3.8) is 0 Å². The number of halogens is 1. The number of piperazine rings is 1. The van der Waals surface area contributed by atoms with Crippen LogP contribution in [0.15, 0.2) is 66.7 Å². The molecule has 2 N–H and O–H groups in total. The molecule has 0 atom stereocenters. The number of ether oxygens (including phenoxy) is 1. The van der Waals surface area contributed by atoms with E-state index in [0.29, 0.717) is 5.56 Å². The first kappa shape index (κ1) is 26.7. The highest BCUT2D eigenvalue weighted by molar-refractivity contribution is 6.14. The van der Waals surface area contributed by atoms with Gasteiger partial charge >= 0.3 is 6.09 Å². The normalized spacial score (nSPS) is 13.7. The highest BCUT2D eigenvalue weighted by Crippen LogP contribution is 2.32. The average molecular weight is 520 g/mol. The van der Waals surface area contributed by atoms with E-state index in [9.17, 15) is 23.9 Å². The maximum atomic E-state index is 13.7. The van der Waals surface area contributed by atoms with E-state index in [0.717, 1.165) is 11.6 Å². The van der Waals surface area contributed by atoms with Crippen LogP contribution < -0.4 is 5.32 Å². The number of nitrogens with zero attached hydrogens (tertiary/aromatic N) is 2. The minimum atomic E-state index is -0.667. The van der Waals surface area contributed by atoms with Gasteiger partial charge in [-0.05, 0) is 62.2 Å². The van der Waals surface area contributed by atoms with Gasteiger partial charge in [-0.3, -0.25) is 9.59 Å². The lowest BCUT2D eigenvalue weighted by Crippen LogP contribution is -2.51. The van der Waals surface area contributed by atoms with Crippen molar-refractivity contribution in [2.75, 3.05) is 31.5 Å². The molecule has 3 amide bonds. The van der Waals surface area contributed by atoms with Crippen molar-refractivity contribution in [2.24, 2.45) is 0 Å². The Morgan fingerprint density at radius 3 is 2.16 bits per heavy atom. The Bertz CT molecular complexity index is 1350. The summed E-state index contributed by atoms with van der Waals surface area (Å²) in [5, 5.41) is 13.6. The van der Waals surface area contributed by atoms with E-state index in [-0.39, 0.29) is 48.7 Å². The average Bonchev–Trinajstić information content (AvgIpc) is 2.87. The lowest BCUT2D eigenvalue weighted by molar-refractivity contribution is 0.0140. The Kier molecular flexibility index (Phi) is 7.66. The summed E-state index contributed by atoms with van der Waals surface area (Å²) in [4.78, 5) is 42.4. The van der Waals surface area contributed by atoms with Crippen LogP contribution in [0, 0.1) is 5.82 Å². The molecule has 1 saturated heterocycles. The number of amides is 3. The minimum absolute atomic E-state index is 0.0484. The van der Waals surface area contributed by atoms with Gasteiger partial charge in [0.15, 0.2) is 0 Å². The van der Waals surface area contributed by atoms with Crippen LogP contribution in [0.2, 0.25) is 0 Å². The number of hydrogen-bond donors (Lipinski definition) is 2. The van der Waals surface area contributed by atoms with Gasteiger partial charge in [0.05, 0.1) is 11.1 Å². The third kappa shape index (κ3) is 6.29. The summed E-state index contributed by atoms with van der Waals surface area (Å²) in [6.07, 6.45) is -0.463. The summed E-state index contributed by atoms with van der Waals surface area (Å²) in [6, 6.07) is 17.5. The zero-order valence-corrected chi connectivity index (χ0v) is 21.5. The smallest absolute Gasteiger partial charge is 0.410 e. The largest absolute Gasteiger partial charge is 0.507 e. The number of aromatic hydroxyl groups is 1. The van der Waals surface area contributed by atoms with Crippen LogP contribution in [0.3, 0.4) is 0 Å². The van der Waals surface area contributed by atoms with Gasteiger partial charge in [-0.1, -0.05) is 36.4 Å². The predicted molar refractivity (Wildman–Crippen MR) is 142 cm³/mol. The van der Waals surface area contributed by atoms with Crippen LogP contribution in [0.1, 0.15) is 41.5 Å². The van der Waals surface area contributed by atoms with Crippen LogP contribution in [0.25, 0.3) is 11.1 Å². The molecule has 0 bridgehead atoms. The van der Waals surface area contributed by atoms with Crippen molar-refractivity contribution in [1.29, 1.82) is 0 Å². The van der Waals surface area contributed by atoms with E-state index in [2.05, 4.69) is 5.32 Å². The van der Waals surface area contributed by atoms with E-state index in [1.54, 1.807) is 20.8 Å². The summed E-state index contributed by atoms with van der Waals surface area (Å²) in [5.41, 5.74) is 0.646. The predicted octanol–water partition coefficient (Wildman–Crippen LogP) is 5.14. The molecule has 3 aromatic carbocycles. The van der Waals surface area contributed by atoms with Crippen LogP contribution in [0.5, 0.6) is 5.75 Å². The summed E-state index contributed by atoms with van der Waals surface area (Å²) in [5.74, 6) is -2.09. The second-order valence-corrected chi connectivity index (χ2v) is 10.0. The SMILES string of the molecule is CC(C)(C)OC(=O)N1CCN(C(=O)c2c(O)cc(-c3ccccc3)cc2C(=O)Nc2cccc(F)c2)CC1. The van der Waals surface area contributed by atoms with Crippen molar-refractivity contribution in [1.82, 2.24) is 9.80 Å². The van der Waals surface area contributed by atoms with E-state index in [1.807, 2.05) is 30.3 Å². The number of nitrogens with one attached hydrogen (secondary N) is 1. The van der Waals surface area contributed by atoms with Gasteiger partial charge in [0.2, 0.25) is 0 Å². The number of phenolic OH excluding ortho intramolecular Hbond substituents is 1. The molecule has 38 heavy (non-hydrogen) atoms. The van der Waals surface area contributed by atoms with Gasteiger partial charge in [0.1, 0.15) is 17.2 Å². The summed E-state index contributed by atoms with van der Waals surface area (Å²) < 4.78 is 19.1. The van der Waals surface area contributed by atoms with Gasteiger partial charge in [-0.15, -0.1) is 0 Å². The fourth-order valence-electron chi connectivity index (χ4n) is 4.17. The van der Waals surface area contributed by atoms with E-state index >= 15 is 0 Å². The molecule has 0 saturated carbocycles. The quantitative estimate of drug-likeness (QED) is 0.497. The van der Waals surface area contributed by atoms with Gasteiger partial charge in [0.25, 0.3) is 11.8 Å². The lowest BCUT2D eigenvalue weighted by atomic mass is 9.96. The molecule has 0 radical (unpaired) electrons. The molecule has 1 aliphatic heterocycles. The second-order valence-electron chi connectivity index (χ2n) is 10.0. The van der Waals surface area contributed by atoms with Crippen LogP contribution in [-0.4, -0.2) is 64.6 Å². The molecule has 1 fully saturated rings. The fraction of sp³-hybridized carbons (Fsp3) is 0.276. The maximum Gasteiger partial charge on any atom is 0.410 e. The van der Waals surface area contributed by atoms with Crippen molar-refractivity contribution in [2.45, 2.75) is 26.4 Å². The first-order chi connectivity index (χ1) is 18.0. The third-order valence-corrected chi connectivity index (χ3v) is 5.98. The highest BCUT2D eigenvalue weighted by Gasteiger charge is 2.31. The van der Waals surface area contributed by atoms with E-state index in [4.69, 9.17) is 4.74 Å². The Balaban J connectivity index is 1.63. The molecular weight excluding hydrogens is 489 g/mol. The number of hydrogen-bond acceptors (Lipinski definition) is 5. The van der Waals surface area contributed by atoms with Crippen LogP contribution in [0.4, 0.5) is 14.9 Å². The fourth-order valence-corrected chi connectivity index (χ4v) is 4.17. The molecule has 4 rings (SSSR count). The number of rotatable bonds is 4. The summed E-state index contributed by atoms with van der Waals surface area (Å²) in [6.45, 7) is 6.23. The van der Waals surface area contributed by atoms with Gasteiger partial charge < -0.3 is 25.0 Å². The Morgan fingerprint density at radius 1 is 0.868 bits per heavy atom. The second kappa shape index (κ2) is 10.9. The highest BCUT2D eigenvalue weighted by atomic mass is 19.1. The summed E-state index contributed by atoms with van der Waals surface area (Å²) in [7, 11) is 0. The van der Waals surface area contributed by atoms with Crippen LogP contribution in [-0.2, 0) is 4.74 Å². The Morgan fingerprint density at radius 2 is 1.53 bits per heavy atom. The molecule has 0 aliphatic carbocycles. The number of carbonyl (C=O) groups is 3. The van der Waals surface area contributed by atoms with Gasteiger partial charge in [-0.2, -0.15) is 0 Å². The molecular formula is C29H30FN3O5. The monoisotopic (exact) mass is 519 g/mol. The molecule has 1 aliphatic rings. The Hall–Kier alpha value is -4.40. The zero-order valence-electron chi connectivity index (χ0n) is 21.5.